The Balaban J connectivity index is 1.44. The number of phenolic OH excluding ortho intramolecular Hbond substituents is 1. The van der Waals surface area contributed by atoms with E-state index >= 15 is 0 Å². The molecule has 4 atom stereocenters. The molecular weight excluding hydrogens is 444 g/mol. The van der Waals surface area contributed by atoms with Crippen LogP contribution in [0.1, 0.15) is 58.1 Å². The summed E-state index contributed by atoms with van der Waals surface area (Å²) in [5.41, 5.74) is 1.98. The zero-order valence-corrected chi connectivity index (χ0v) is 19.2. The van der Waals surface area contributed by atoms with E-state index in [1.807, 2.05) is 24.3 Å². The number of piperidine rings is 1. The third-order valence-corrected chi connectivity index (χ3v) is 9.45. The quantitative estimate of drug-likeness (QED) is 0.540. The topological polar surface area (TPSA) is 103 Å². The van der Waals surface area contributed by atoms with Crippen LogP contribution in [0.2, 0.25) is 0 Å². The highest BCUT2D eigenvalue weighted by Crippen LogP contribution is 2.68. The first kappa shape index (κ1) is 20.1. The summed E-state index contributed by atoms with van der Waals surface area (Å²) in [7, 11) is 0. The highest BCUT2D eigenvalue weighted by molar-refractivity contribution is 6.04. The van der Waals surface area contributed by atoms with Crippen LogP contribution in [0.25, 0.3) is 10.9 Å². The SMILES string of the molecule is O=C(O)c1c2c(nc3ccccc13)C1Oc3c(O)ccc4c3[C@@]13CCN(CC1CC1)[C@H](C4)C3(O)C2. The molecule has 2 aromatic carbocycles. The molecule has 7 heteroatoms. The standard InChI is InChI=1S/C28H26N2O5/c31-19-8-7-15-11-20-28(34)12-17-21(26(32)33)16-3-1-2-4-18(16)29-23(17)25-27(28,22(15)24(19)35-25)9-10-30(20)13-14-5-6-14/h1-4,7-8,14,20,25,31,34H,5-6,9-13H2,(H,32,33)/t20-,25?,27+,28?/m1/s1. The summed E-state index contributed by atoms with van der Waals surface area (Å²) in [5.74, 6) is 0.152. The van der Waals surface area contributed by atoms with Crippen molar-refractivity contribution in [3.05, 3.63) is 64.3 Å². The summed E-state index contributed by atoms with van der Waals surface area (Å²) in [6, 6.07) is 10.8. The number of para-hydroxylation sites is 1. The lowest BCUT2D eigenvalue weighted by atomic mass is 9.48. The molecule has 7 nitrogen and oxygen atoms in total. The van der Waals surface area contributed by atoms with Gasteiger partial charge in [-0.2, -0.15) is 0 Å². The summed E-state index contributed by atoms with van der Waals surface area (Å²) >= 11 is 0. The zero-order chi connectivity index (χ0) is 23.7. The van der Waals surface area contributed by atoms with E-state index < -0.39 is 23.1 Å². The van der Waals surface area contributed by atoms with Gasteiger partial charge in [-0.25, -0.2) is 9.78 Å². The van der Waals surface area contributed by atoms with E-state index in [2.05, 4.69) is 4.90 Å². The van der Waals surface area contributed by atoms with Gasteiger partial charge in [0, 0.05) is 30.0 Å². The lowest BCUT2D eigenvalue weighted by molar-refractivity contribution is -0.173. The number of hydrogen-bond donors (Lipinski definition) is 3. The van der Waals surface area contributed by atoms with E-state index in [4.69, 9.17) is 9.72 Å². The number of rotatable bonds is 3. The Bertz CT molecular complexity index is 1470. The number of phenols is 1. The molecule has 1 spiro atoms. The molecule has 1 saturated heterocycles. The first-order valence-corrected chi connectivity index (χ1v) is 12.6. The number of carboxylic acids is 1. The lowest BCUT2D eigenvalue weighted by Gasteiger charge is -2.63. The van der Waals surface area contributed by atoms with Gasteiger partial charge in [-0.05, 0) is 61.4 Å². The average molecular weight is 471 g/mol. The number of nitrogens with zero attached hydrogens (tertiary/aromatic N) is 2. The summed E-state index contributed by atoms with van der Waals surface area (Å²) in [6.07, 6.45) is 3.36. The Morgan fingerprint density at radius 2 is 2.03 bits per heavy atom. The Labute approximate surface area is 202 Å². The summed E-state index contributed by atoms with van der Waals surface area (Å²) in [6.45, 7) is 1.80. The molecule has 3 aliphatic carbocycles. The summed E-state index contributed by atoms with van der Waals surface area (Å²) in [5, 5.41) is 34.5. The fourth-order valence-electron chi connectivity index (χ4n) is 7.83. The monoisotopic (exact) mass is 470 g/mol. The van der Waals surface area contributed by atoms with Crippen LogP contribution in [0.15, 0.2) is 36.4 Å². The van der Waals surface area contributed by atoms with Gasteiger partial charge >= 0.3 is 5.97 Å². The molecule has 1 saturated carbocycles. The van der Waals surface area contributed by atoms with Gasteiger partial charge in [0.1, 0.15) is 0 Å². The van der Waals surface area contributed by atoms with Crippen LogP contribution >= 0.6 is 0 Å². The molecule has 2 aliphatic heterocycles. The number of hydrogen-bond acceptors (Lipinski definition) is 6. The third-order valence-electron chi connectivity index (χ3n) is 9.45. The number of likely N-dealkylation sites (tertiary alicyclic amines) is 1. The van der Waals surface area contributed by atoms with Gasteiger partial charge in [0.05, 0.1) is 27.8 Å². The minimum atomic E-state index is -1.22. The van der Waals surface area contributed by atoms with Crippen molar-refractivity contribution < 1.29 is 24.9 Å². The first-order valence-electron chi connectivity index (χ1n) is 12.6. The maximum absolute atomic E-state index is 12.8. The molecular formula is C28H26N2O5. The van der Waals surface area contributed by atoms with Crippen molar-refractivity contribution in [2.45, 2.75) is 55.3 Å². The van der Waals surface area contributed by atoms with E-state index in [0.717, 1.165) is 24.2 Å². The lowest BCUT2D eigenvalue weighted by Crippen LogP contribution is -2.74. The molecule has 2 fully saturated rings. The van der Waals surface area contributed by atoms with E-state index in [1.165, 1.54) is 12.8 Å². The van der Waals surface area contributed by atoms with Gasteiger partial charge in [0.2, 0.25) is 0 Å². The summed E-state index contributed by atoms with van der Waals surface area (Å²) < 4.78 is 6.53. The van der Waals surface area contributed by atoms with Crippen LogP contribution in [-0.2, 0) is 18.3 Å². The van der Waals surface area contributed by atoms with Gasteiger partial charge < -0.3 is 20.1 Å². The summed E-state index contributed by atoms with van der Waals surface area (Å²) in [4.78, 5) is 20.0. The van der Waals surface area contributed by atoms with Crippen molar-refractivity contribution in [3.8, 4) is 11.5 Å². The molecule has 3 heterocycles. The third kappa shape index (κ3) is 2.29. The Hall–Kier alpha value is -3.16. The predicted octanol–water partition coefficient (Wildman–Crippen LogP) is 3.34. The predicted molar refractivity (Wildman–Crippen MR) is 127 cm³/mol. The number of pyridine rings is 1. The van der Waals surface area contributed by atoms with E-state index in [9.17, 15) is 20.1 Å². The van der Waals surface area contributed by atoms with Crippen molar-refractivity contribution in [3.63, 3.8) is 0 Å². The minimum Gasteiger partial charge on any atom is -0.504 e. The number of fused-ring (bicyclic) bond motifs is 3. The van der Waals surface area contributed by atoms with Gasteiger partial charge in [0.25, 0.3) is 0 Å². The molecule has 3 N–H and O–H groups in total. The van der Waals surface area contributed by atoms with E-state index in [-0.39, 0.29) is 23.8 Å². The highest BCUT2D eigenvalue weighted by atomic mass is 16.5. The molecule has 2 unspecified atom stereocenters. The molecule has 35 heavy (non-hydrogen) atoms. The van der Waals surface area contributed by atoms with Gasteiger partial charge in [-0.3, -0.25) is 4.90 Å². The molecule has 5 aliphatic rings. The first-order chi connectivity index (χ1) is 16.9. The van der Waals surface area contributed by atoms with Crippen LogP contribution in [-0.4, -0.2) is 55.9 Å². The molecule has 0 amide bonds. The van der Waals surface area contributed by atoms with Crippen LogP contribution in [0.3, 0.4) is 0 Å². The normalized spacial score (nSPS) is 32.1. The molecule has 2 bridgehead atoms. The number of carbonyl (C=O) groups is 1. The largest absolute Gasteiger partial charge is 0.504 e. The number of aromatic nitrogens is 1. The maximum atomic E-state index is 12.8. The molecule has 178 valence electrons. The Kier molecular flexibility index (Phi) is 3.63. The van der Waals surface area contributed by atoms with Crippen molar-refractivity contribution in [2.75, 3.05) is 13.1 Å². The van der Waals surface area contributed by atoms with Gasteiger partial charge in [-0.15, -0.1) is 0 Å². The van der Waals surface area contributed by atoms with Crippen molar-refractivity contribution in [2.24, 2.45) is 5.92 Å². The van der Waals surface area contributed by atoms with Crippen LogP contribution < -0.4 is 4.74 Å². The fourth-order valence-corrected chi connectivity index (χ4v) is 7.83. The van der Waals surface area contributed by atoms with Crippen LogP contribution in [0.4, 0.5) is 0 Å². The van der Waals surface area contributed by atoms with E-state index in [0.29, 0.717) is 46.7 Å². The molecule has 0 radical (unpaired) electrons. The van der Waals surface area contributed by atoms with Crippen molar-refractivity contribution in [1.29, 1.82) is 0 Å². The highest BCUT2D eigenvalue weighted by Gasteiger charge is 2.73. The zero-order valence-electron chi connectivity index (χ0n) is 19.2. The number of aromatic hydroxyl groups is 1. The van der Waals surface area contributed by atoms with Gasteiger partial charge in [-0.1, -0.05) is 24.3 Å². The number of carboxylic acid groups (broad SMARTS) is 1. The Morgan fingerprint density at radius 1 is 1.20 bits per heavy atom. The number of ether oxygens (including phenoxy) is 1. The van der Waals surface area contributed by atoms with Crippen LogP contribution in [0.5, 0.6) is 11.5 Å². The van der Waals surface area contributed by atoms with Crippen molar-refractivity contribution in [1.82, 2.24) is 9.88 Å². The van der Waals surface area contributed by atoms with Gasteiger partial charge in [0.15, 0.2) is 17.6 Å². The van der Waals surface area contributed by atoms with Crippen molar-refractivity contribution >= 4 is 16.9 Å². The maximum Gasteiger partial charge on any atom is 0.336 e. The number of aromatic carboxylic acids is 1. The molecule has 3 aromatic rings. The average Bonchev–Trinajstić information content (AvgIpc) is 3.57. The second-order valence-electron chi connectivity index (χ2n) is 11.1. The smallest absolute Gasteiger partial charge is 0.336 e. The Morgan fingerprint density at radius 3 is 2.83 bits per heavy atom. The second kappa shape index (κ2) is 6.33. The molecule has 1 aromatic heterocycles. The second-order valence-corrected chi connectivity index (χ2v) is 11.1. The number of benzene rings is 2. The van der Waals surface area contributed by atoms with E-state index in [1.54, 1.807) is 12.1 Å². The molecule has 8 rings (SSSR count). The number of aliphatic hydroxyl groups is 1. The van der Waals surface area contributed by atoms with Crippen LogP contribution in [0, 0.1) is 5.92 Å². The fraction of sp³-hybridized carbons (Fsp3) is 0.429. The minimum absolute atomic E-state index is 0.0644.